The molecule has 0 radical (unpaired) electrons. The Hall–Kier alpha value is -2.11. The summed E-state index contributed by atoms with van der Waals surface area (Å²) in [6.07, 6.45) is 1.63. The summed E-state index contributed by atoms with van der Waals surface area (Å²) in [4.78, 5) is 12.0. The van der Waals surface area contributed by atoms with E-state index >= 15 is 0 Å². The molecule has 2 rings (SSSR count). The van der Waals surface area contributed by atoms with Crippen LogP contribution in [0.2, 0.25) is 0 Å². The molecular formula is C12H17N5O. The molecule has 1 amide bonds. The lowest BCUT2D eigenvalue weighted by Crippen LogP contribution is -2.26. The van der Waals surface area contributed by atoms with E-state index < -0.39 is 0 Å². The summed E-state index contributed by atoms with van der Waals surface area (Å²) in [5.41, 5.74) is 2.50. The van der Waals surface area contributed by atoms with Crippen LogP contribution in [0, 0.1) is 6.92 Å². The summed E-state index contributed by atoms with van der Waals surface area (Å²) >= 11 is 0. The monoisotopic (exact) mass is 247 g/mol. The smallest absolute Gasteiger partial charge is 0.269 e. The minimum atomic E-state index is -0.117. The Bertz CT molecular complexity index is 555. The zero-order valence-corrected chi connectivity index (χ0v) is 10.8. The SMILES string of the molecule is CCn1nccc1C(=O)NCc1cc(C)nn1C. The van der Waals surface area contributed by atoms with Crippen molar-refractivity contribution in [3.63, 3.8) is 0 Å². The molecule has 0 spiro atoms. The molecule has 6 nitrogen and oxygen atoms in total. The highest BCUT2D eigenvalue weighted by Gasteiger charge is 2.11. The van der Waals surface area contributed by atoms with Gasteiger partial charge in [-0.15, -0.1) is 0 Å². The number of hydrogen-bond donors (Lipinski definition) is 1. The van der Waals surface area contributed by atoms with E-state index in [1.165, 1.54) is 0 Å². The number of hydrogen-bond acceptors (Lipinski definition) is 3. The van der Waals surface area contributed by atoms with Crippen molar-refractivity contribution in [2.24, 2.45) is 7.05 Å². The van der Waals surface area contributed by atoms with Gasteiger partial charge >= 0.3 is 0 Å². The highest BCUT2D eigenvalue weighted by Crippen LogP contribution is 2.03. The highest BCUT2D eigenvalue weighted by atomic mass is 16.2. The molecule has 0 aliphatic carbocycles. The first-order valence-corrected chi connectivity index (χ1v) is 5.91. The number of aryl methyl sites for hydroxylation is 3. The topological polar surface area (TPSA) is 64.7 Å². The Morgan fingerprint density at radius 2 is 2.28 bits per heavy atom. The maximum Gasteiger partial charge on any atom is 0.269 e. The average Bonchev–Trinajstić information content (AvgIpc) is 2.92. The molecular weight excluding hydrogens is 230 g/mol. The zero-order chi connectivity index (χ0) is 13.1. The second-order valence-electron chi connectivity index (χ2n) is 4.12. The molecule has 0 aliphatic rings. The van der Waals surface area contributed by atoms with Crippen LogP contribution in [0.4, 0.5) is 0 Å². The number of nitrogens with zero attached hydrogens (tertiary/aromatic N) is 4. The van der Waals surface area contributed by atoms with Crippen LogP contribution in [-0.4, -0.2) is 25.5 Å². The van der Waals surface area contributed by atoms with E-state index in [1.54, 1.807) is 21.6 Å². The van der Waals surface area contributed by atoms with Crippen molar-refractivity contribution >= 4 is 5.91 Å². The highest BCUT2D eigenvalue weighted by molar-refractivity contribution is 5.92. The van der Waals surface area contributed by atoms with Crippen LogP contribution in [0.15, 0.2) is 18.3 Å². The van der Waals surface area contributed by atoms with E-state index in [9.17, 15) is 4.79 Å². The van der Waals surface area contributed by atoms with Crippen molar-refractivity contribution < 1.29 is 4.79 Å². The van der Waals surface area contributed by atoms with E-state index in [-0.39, 0.29) is 5.91 Å². The van der Waals surface area contributed by atoms with Crippen molar-refractivity contribution in [3.05, 3.63) is 35.4 Å². The number of nitrogens with one attached hydrogen (secondary N) is 1. The van der Waals surface area contributed by atoms with Gasteiger partial charge in [-0.25, -0.2) is 0 Å². The first kappa shape index (κ1) is 12.3. The molecule has 2 aromatic rings. The quantitative estimate of drug-likeness (QED) is 0.872. The summed E-state index contributed by atoms with van der Waals surface area (Å²) in [6.45, 7) is 5.03. The van der Waals surface area contributed by atoms with Crippen molar-refractivity contribution in [1.29, 1.82) is 0 Å². The molecule has 2 heterocycles. The van der Waals surface area contributed by atoms with Gasteiger partial charge in [0.2, 0.25) is 0 Å². The number of rotatable bonds is 4. The van der Waals surface area contributed by atoms with E-state index in [1.807, 2.05) is 27.0 Å². The molecule has 0 aromatic carbocycles. The number of amides is 1. The van der Waals surface area contributed by atoms with E-state index in [0.29, 0.717) is 18.8 Å². The molecule has 6 heteroatoms. The zero-order valence-electron chi connectivity index (χ0n) is 10.8. The Morgan fingerprint density at radius 3 is 2.89 bits per heavy atom. The molecule has 2 aromatic heterocycles. The molecule has 0 unspecified atom stereocenters. The largest absolute Gasteiger partial charge is 0.345 e. The number of carbonyl (C=O) groups excluding carboxylic acids is 1. The first-order chi connectivity index (χ1) is 8.61. The van der Waals surface area contributed by atoms with E-state index in [0.717, 1.165) is 11.4 Å². The molecule has 0 fully saturated rings. The van der Waals surface area contributed by atoms with Crippen LogP contribution < -0.4 is 5.32 Å². The molecule has 18 heavy (non-hydrogen) atoms. The molecule has 0 bridgehead atoms. The minimum absolute atomic E-state index is 0.117. The maximum absolute atomic E-state index is 12.0. The third kappa shape index (κ3) is 2.42. The molecule has 0 saturated carbocycles. The van der Waals surface area contributed by atoms with E-state index in [4.69, 9.17) is 0 Å². The standard InChI is InChI=1S/C12H17N5O/c1-4-17-11(5-6-14-17)12(18)13-8-10-7-9(2)15-16(10)3/h5-7H,4,8H2,1-3H3,(H,13,18). The van der Waals surface area contributed by atoms with Crippen LogP contribution in [-0.2, 0) is 20.1 Å². The van der Waals surface area contributed by atoms with Gasteiger partial charge in [0.25, 0.3) is 5.91 Å². The first-order valence-electron chi connectivity index (χ1n) is 5.91. The van der Waals surface area contributed by atoms with Gasteiger partial charge in [0.05, 0.1) is 17.9 Å². The maximum atomic E-state index is 12.0. The van der Waals surface area contributed by atoms with Crippen LogP contribution in [0.25, 0.3) is 0 Å². The summed E-state index contributed by atoms with van der Waals surface area (Å²) < 4.78 is 3.44. The number of carbonyl (C=O) groups is 1. The van der Waals surface area contributed by atoms with Crippen molar-refractivity contribution in [3.8, 4) is 0 Å². The Morgan fingerprint density at radius 1 is 1.50 bits per heavy atom. The van der Waals surface area contributed by atoms with Crippen molar-refractivity contribution in [2.75, 3.05) is 0 Å². The third-order valence-corrected chi connectivity index (χ3v) is 2.78. The summed E-state index contributed by atoms with van der Waals surface area (Å²) in [6, 6.07) is 3.67. The van der Waals surface area contributed by atoms with Gasteiger partial charge in [0.15, 0.2) is 0 Å². The van der Waals surface area contributed by atoms with Gasteiger partial charge in [0, 0.05) is 19.8 Å². The Kier molecular flexibility index (Phi) is 3.45. The van der Waals surface area contributed by atoms with Crippen molar-refractivity contribution in [2.45, 2.75) is 26.9 Å². The molecule has 96 valence electrons. The molecule has 0 aliphatic heterocycles. The number of aromatic nitrogens is 4. The lowest BCUT2D eigenvalue weighted by molar-refractivity contribution is 0.0939. The van der Waals surface area contributed by atoms with Gasteiger partial charge in [-0.05, 0) is 26.0 Å². The van der Waals surface area contributed by atoms with Gasteiger partial charge in [-0.2, -0.15) is 10.2 Å². The van der Waals surface area contributed by atoms with E-state index in [2.05, 4.69) is 15.5 Å². The van der Waals surface area contributed by atoms with Crippen LogP contribution in [0.1, 0.15) is 28.8 Å². The predicted octanol–water partition coefficient (Wildman–Crippen LogP) is 0.875. The van der Waals surface area contributed by atoms with Crippen LogP contribution in [0.3, 0.4) is 0 Å². The summed E-state index contributed by atoms with van der Waals surface area (Å²) in [7, 11) is 1.87. The Balaban J connectivity index is 2.03. The average molecular weight is 247 g/mol. The molecule has 1 N–H and O–H groups in total. The normalized spacial score (nSPS) is 10.6. The summed E-state index contributed by atoms with van der Waals surface area (Å²) in [5, 5.41) is 11.2. The molecule has 0 saturated heterocycles. The fourth-order valence-corrected chi connectivity index (χ4v) is 1.87. The second kappa shape index (κ2) is 5.03. The fraction of sp³-hybridized carbons (Fsp3) is 0.417. The predicted molar refractivity (Wildman–Crippen MR) is 67.0 cm³/mol. The van der Waals surface area contributed by atoms with Crippen LogP contribution >= 0.6 is 0 Å². The van der Waals surface area contributed by atoms with Crippen molar-refractivity contribution in [1.82, 2.24) is 24.9 Å². The fourth-order valence-electron chi connectivity index (χ4n) is 1.87. The Labute approximate surface area is 106 Å². The lowest BCUT2D eigenvalue weighted by Gasteiger charge is -2.06. The van der Waals surface area contributed by atoms with Gasteiger partial charge in [-0.3, -0.25) is 14.2 Å². The lowest BCUT2D eigenvalue weighted by atomic mass is 10.3. The second-order valence-corrected chi connectivity index (χ2v) is 4.12. The minimum Gasteiger partial charge on any atom is -0.345 e. The van der Waals surface area contributed by atoms with Gasteiger partial charge in [0.1, 0.15) is 5.69 Å². The van der Waals surface area contributed by atoms with Crippen LogP contribution in [0.5, 0.6) is 0 Å². The van der Waals surface area contributed by atoms with Gasteiger partial charge in [-0.1, -0.05) is 0 Å². The third-order valence-electron chi connectivity index (χ3n) is 2.78. The summed E-state index contributed by atoms with van der Waals surface area (Å²) in [5.74, 6) is -0.117. The molecule has 0 atom stereocenters. The van der Waals surface area contributed by atoms with Gasteiger partial charge < -0.3 is 5.32 Å².